The number of hydrogen-bond acceptors (Lipinski definition) is 4. The Morgan fingerprint density at radius 2 is 1.89 bits per heavy atom. The fraction of sp³-hybridized carbons (Fsp3) is 0.300. The zero-order valence-corrected chi connectivity index (χ0v) is 15.5. The first kappa shape index (κ1) is 18.6. The molecule has 2 aromatic heterocycles. The summed E-state index contributed by atoms with van der Waals surface area (Å²) in [5.74, 6) is -0.273. The van der Waals surface area contributed by atoms with E-state index >= 15 is 0 Å². The number of carbonyl (C=O) groups is 2. The second-order valence-corrected chi connectivity index (χ2v) is 6.63. The van der Waals surface area contributed by atoms with Crippen molar-refractivity contribution in [3.63, 3.8) is 0 Å². The molecule has 3 aromatic rings. The number of fused-ring (bicyclic) bond motifs is 1. The molecule has 2 N–H and O–H groups in total. The van der Waals surface area contributed by atoms with Gasteiger partial charge in [-0.3, -0.25) is 9.59 Å². The normalized spacial score (nSPS) is 10.9. The molecular weight excluding hydrogens is 342 g/mol. The molecule has 0 aliphatic rings. The lowest BCUT2D eigenvalue weighted by atomic mass is 10.1. The molecule has 0 unspecified atom stereocenters. The first-order valence-corrected chi connectivity index (χ1v) is 8.96. The summed E-state index contributed by atoms with van der Waals surface area (Å²) in [7, 11) is 0. The number of carbonyl (C=O) groups excluding carboxylic acids is 2. The Labute approximate surface area is 157 Å². The predicted octanol–water partition coefficient (Wildman–Crippen LogP) is 2.70. The summed E-state index contributed by atoms with van der Waals surface area (Å²) >= 11 is 0. The lowest BCUT2D eigenvalue weighted by Crippen LogP contribution is -2.28. The van der Waals surface area contributed by atoms with E-state index in [-0.39, 0.29) is 24.3 Å². The van der Waals surface area contributed by atoms with Gasteiger partial charge in [-0.15, -0.1) is 0 Å². The highest BCUT2D eigenvalue weighted by Gasteiger charge is 2.10. The van der Waals surface area contributed by atoms with Gasteiger partial charge in [0.15, 0.2) is 5.65 Å². The van der Waals surface area contributed by atoms with Crippen LogP contribution in [0.1, 0.15) is 31.9 Å². The van der Waals surface area contributed by atoms with E-state index in [9.17, 15) is 9.59 Å². The molecule has 0 spiro atoms. The minimum Gasteiger partial charge on any atom is -0.355 e. The highest BCUT2D eigenvalue weighted by Crippen LogP contribution is 2.19. The highest BCUT2D eigenvalue weighted by molar-refractivity contribution is 5.93. The van der Waals surface area contributed by atoms with Crippen molar-refractivity contribution >= 4 is 28.5 Å². The van der Waals surface area contributed by atoms with E-state index in [1.807, 2.05) is 54.9 Å². The van der Waals surface area contributed by atoms with Crippen LogP contribution in [0.4, 0.5) is 5.69 Å². The van der Waals surface area contributed by atoms with Gasteiger partial charge in [-0.1, -0.05) is 30.3 Å². The fourth-order valence-electron chi connectivity index (χ4n) is 2.77. The molecule has 140 valence electrons. The molecular formula is C20H23N5O2. The van der Waals surface area contributed by atoms with Crippen LogP contribution in [-0.2, 0) is 16.0 Å². The van der Waals surface area contributed by atoms with Crippen molar-refractivity contribution in [1.29, 1.82) is 0 Å². The van der Waals surface area contributed by atoms with Crippen molar-refractivity contribution in [2.45, 2.75) is 32.7 Å². The summed E-state index contributed by atoms with van der Waals surface area (Å²) in [5.41, 5.74) is 2.35. The van der Waals surface area contributed by atoms with Gasteiger partial charge in [0.2, 0.25) is 11.8 Å². The molecule has 0 fully saturated rings. The summed E-state index contributed by atoms with van der Waals surface area (Å²) in [6.45, 7) is 4.37. The van der Waals surface area contributed by atoms with E-state index in [0.717, 1.165) is 16.6 Å². The Kier molecular flexibility index (Phi) is 5.80. The third-order valence-corrected chi connectivity index (χ3v) is 4.09. The molecule has 3 rings (SSSR count). The molecule has 7 heteroatoms. The second-order valence-electron chi connectivity index (χ2n) is 6.63. The van der Waals surface area contributed by atoms with Crippen LogP contribution in [0.15, 0.2) is 48.8 Å². The average molecular weight is 365 g/mol. The van der Waals surface area contributed by atoms with Gasteiger partial charge in [0.05, 0.1) is 24.5 Å². The van der Waals surface area contributed by atoms with Crippen LogP contribution in [-0.4, -0.2) is 33.1 Å². The molecule has 0 radical (unpaired) electrons. The third kappa shape index (κ3) is 4.91. The summed E-state index contributed by atoms with van der Waals surface area (Å²) in [6.07, 6.45) is 3.86. The Bertz CT molecular complexity index is 934. The van der Waals surface area contributed by atoms with Crippen LogP contribution in [0.3, 0.4) is 0 Å². The van der Waals surface area contributed by atoms with Crippen LogP contribution in [0.2, 0.25) is 0 Å². The minimum absolute atomic E-state index is 0.0989. The molecule has 0 aliphatic carbocycles. The van der Waals surface area contributed by atoms with E-state index in [1.54, 1.807) is 12.4 Å². The first-order chi connectivity index (χ1) is 13.0. The topological polar surface area (TPSA) is 88.9 Å². The lowest BCUT2D eigenvalue weighted by Gasteiger charge is -2.08. The molecule has 1 aromatic carbocycles. The van der Waals surface area contributed by atoms with Crippen molar-refractivity contribution in [2.24, 2.45) is 0 Å². The third-order valence-electron chi connectivity index (χ3n) is 4.09. The Morgan fingerprint density at radius 1 is 1.11 bits per heavy atom. The number of amides is 2. The summed E-state index contributed by atoms with van der Waals surface area (Å²) in [4.78, 5) is 28.4. The minimum atomic E-state index is -0.174. The van der Waals surface area contributed by atoms with Gasteiger partial charge in [0, 0.05) is 24.4 Å². The molecule has 0 saturated carbocycles. The second kappa shape index (κ2) is 8.44. The molecule has 0 aliphatic heterocycles. The van der Waals surface area contributed by atoms with Crippen molar-refractivity contribution in [2.75, 3.05) is 11.9 Å². The largest absolute Gasteiger partial charge is 0.355 e. The summed E-state index contributed by atoms with van der Waals surface area (Å²) in [6, 6.07) is 11.6. The van der Waals surface area contributed by atoms with Gasteiger partial charge >= 0.3 is 0 Å². The standard InChI is InChI=1S/C20H23N5O2/c1-14(2)25-20-16(12-23-25)11-17(13-22-20)24-18(26)8-9-21-19(27)10-15-6-4-3-5-7-15/h3-7,11-14H,8-10H2,1-2H3,(H,21,27)(H,24,26). The monoisotopic (exact) mass is 365 g/mol. The zero-order valence-electron chi connectivity index (χ0n) is 15.5. The molecule has 2 heterocycles. The van der Waals surface area contributed by atoms with Crippen molar-refractivity contribution < 1.29 is 9.59 Å². The smallest absolute Gasteiger partial charge is 0.226 e. The molecule has 0 atom stereocenters. The quantitative estimate of drug-likeness (QED) is 0.674. The number of nitrogens with zero attached hydrogens (tertiary/aromatic N) is 3. The molecule has 27 heavy (non-hydrogen) atoms. The highest BCUT2D eigenvalue weighted by atomic mass is 16.2. The molecule has 0 bridgehead atoms. The van der Waals surface area contributed by atoms with Crippen molar-refractivity contribution in [1.82, 2.24) is 20.1 Å². The average Bonchev–Trinajstić information content (AvgIpc) is 3.06. The predicted molar refractivity (Wildman–Crippen MR) is 104 cm³/mol. The molecule has 0 saturated heterocycles. The number of benzene rings is 1. The van der Waals surface area contributed by atoms with E-state index in [4.69, 9.17) is 0 Å². The van der Waals surface area contributed by atoms with Crippen LogP contribution >= 0.6 is 0 Å². The Hall–Kier alpha value is -3.22. The van der Waals surface area contributed by atoms with Gasteiger partial charge in [0.1, 0.15) is 0 Å². The van der Waals surface area contributed by atoms with Gasteiger partial charge in [-0.05, 0) is 25.5 Å². The van der Waals surface area contributed by atoms with Gasteiger partial charge in [-0.2, -0.15) is 5.10 Å². The van der Waals surface area contributed by atoms with Crippen LogP contribution in [0, 0.1) is 0 Å². The Balaban J connectivity index is 1.48. The van der Waals surface area contributed by atoms with E-state index in [2.05, 4.69) is 20.7 Å². The maximum absolute atomic E-state index is 12.1. The van der Waals surface area contributed by atoms with E-state index in [0.29, 0.717) is 18.7 Å². The summed E-state index contributed by atoms with van der Waals surface area (Å²) < 4.78 is 1.84. The van der Waals surface area contributed by atoms with Crippen LogP contribution in [0.25, 0.3) is 11.0 Å². The lowest BCUT2D eigenvalue weighted by molar-refractivity contribution is -0.120. The van der Waals surface area contributed by atoms with Gasteiger partial charge < -0.3 is 10.6 Å². The molecule has 2 amide bonds. The number of anilines is 1. The maximum Gasteiger partial charge on any atom is 0.226 e. The first-order valence-electron chi connectivity index (χ1n) is 8.96. The molecule has 7 nitrogen and oxygen atoms in total. The van der Waals surface area contributed by atoms with Crippen molar-refractivity contribution in [3.05, 3.63) is 54.4 Å². The summed E-state index contributed by atoms with van der Waals surface area (Å²) in [5, 5.41) is 10.8. The Morgan fingerprint density at radius 3 is 2.63 bits per heavy atom. The van der Waals surface area contributed by atoms with E-state index in [1.165, 1.54) is 0 Å². The zero-order chi connectivity index (χ0) is 19.2. The number of aromatic nitrogens is 3. The van der Waals surface area contributed by atoms with Crippen molar-refractivity contribution in [3.8, 4) is 0 Å². The SMILES string of the molecule is CC(C)n1ncc2cc(NC(=O)CCNC(=O)Cc3ccccc3)cnc21. The maximum atomic E-state index is 12.1. The number of hydrogen-bond donors (Lipinski definition) is 2. The van der Waals surface area contributed by atoms with E-state index < -0.39 is 0 Å². The van der Waals surface area contributed by atoms with Crippen LogP contribution < -0.4 is 10.6 Å². The number of rotatable bonds is 7. The number of nitrogens with one attached hydrogen (secondary N) is 2. The fourth-order valence-corrected chi connectivity index (χ4v) is 2.77. The van der Waals surface area contributed by atoms with Crippen LogP contribution in [0.5, 0.6) is 0 Å². The van der Waals surface area contributed by atoms with Gasteiger partial charge in [-0.25, -0.2) is 9.67 Å². The number of pyridine rings is 1. The van der Waals surface area contributed by atoms with Gasteiger partial charge in [0.25, 0.3) is 0 Å².